The van der Waals surface area contributed by atoms with E-state index < -0.39 is 0 Å². The second kappa shape index (κ2) is 6.80. The highest BCUT2D eigenvalue weighted by Gasteiger charge is 2.00. The fourth-order valence-corrected chi connectivity index (χ4v) is 2.08. The summed E-state index contributed by atoms with van der Waals surface area (Å²) in [5.74, 6) is 2.75. The number of aryl methyl sites for hydroxylation is 1. The zero-order chi connectivity index (χ0) is 11.1. The summed E-state index contributed by atoms with van der Waals surface area (Å²) < 4.78 is 0. The van der Waals surface area contributed by atoms with E-state index in [1.807, 2.05) is 30.9 Å². The number of nitrogens with one attached hydrogen (secondary N) is 1. The number of hydrogen-bond acceptors (Lipinski definition) is 4. The number of rotatable bonds is 6. The maximum absolute atomic E-state index is 4.34. The third-order valence-corrected chi connectivity index (χ3v) is 2.99. The third kappa shape index (κ3) is 5.14. The first kappa shape index (κ1) is 12.5. The van der Waals surface area contributed by atoms with Gasteiger partial charge in [0, 0.05) is 12.7 Å². The second-order valence-electron chi connectivity index (χ2n) is 3.79. The summed E-state index contributed by atoms with van der Waals surface area (Å²) in [5, 5.41) is 3.41. The van der Waals surface area contributed by atoms with E-state index in [0.717, 1.165) is 24.6 Å². The van der Waals surface area contributed by atoms with Crippen LogP contribution in [0.3, 0.4) is 0 Å². The number of hydrogen-bond donors (Lipinski definition) is 1. The third-order valence-electron chi connectivity index (χ3n) is 2.08. The Bertz CT molecular complexity index is 291. The molecule has 0 bridgehead atoms. The van der Waals surface area contributed by atoms with Crippen LogP contribution >= 0.6 is 11.8 Å². The Labute approximate surface area is 96.1 Å². The Morgan fingerprint density at radius 2 is 2.33 bits per heavy atom. The molecule has 1 N–H and O–H groups in total. The van der Waals surface area contributed by atoms with Crippen LogP contribution in [0, 0.1) is 12.8 Å². The highest BCUT2D eigenvalue weighted by atomic mass is 32.2. The van der Waals surface area contributed by atoms with Crippen LogP contribution in [0.25, 0.3) is 0 Å². The molecule has 0 saturated heterocycles. The summed E-state index contributed by atoms with van der Waals surface area (Å²) in [7, 11) is 0. The topological polar surface area (TPSA) is 37.8 Å². The minimum absolute atomic E-state index is 0.711. The first-order valence-electron chi connectivity index (χ1n) is 5.20. The Morgan fingerprint density at radius 3 is 3.00 bits per heavy atom. The lowest BCUT2D eigenvalue weighted by Gasteiger charge is -2.10. The van der Waals surface area contributed by atoms with Crippen LogP contribution in [0.1, 0.15) is 18.4 Å². The van der Waals surface area contributed by atoms with Crippen molar-refractivity contribution in [3.8, 4) is 0 Å². The summed E-state index contributed by atoms with van der Waals surface area (Å²) >= 11 is 1.89. The van der Waals surface area contributed by atoms with Crippen LogP contribution in [0.2, 0.25) is 0 Å². The van der Waals surface area contributed by atoms with E-state index in [9.17, 15) is 0 Å². The van der Waals surface area contributed by atoms with Crippen molar-refractivity contribution in [1.29, 1.82) is 0 Å². The van der Waals surface area contributed by atoms with Gasteiger partial charge >= 0.3 is 0 Å². The molecule has 3 nitrogen and oxygen atoms in total. The fourth-order valence-electron chi connectivity index (χ4n) is 1.39. The lowest BCUT2D eigenvalue weighted by atomic mass is 10.2. The van der Waals surface area contributed by atoms with E-state index in [1.165, 1.54) is 5.75 Å². The molecular weight excluding hydrogens is 206 g/mol. The average molecular weight is 225 g/mol. The van der Waals surface area contributed by atoms with Crippen LogP contribution in [0.5, 0.6) is 0 Å². The van der Waals surface area contributed by atoms with Gasteiger partial charge in [-0.1, -0.05) is 6.92 Å². The van der Waals surface area contributed by atoms with Crippen LogP contribution in [0.4, 0.5) is 0 Å². The number of nitrogens with zero attached hydrogens (tertiary/aromatic N) is 2. The maximum Gasteiger partial charge on any atom is 0.125 e. The molecule has 0 amide bonds. The molecule has 4 heteroatoms. The first-order chi connectivity index (χ1) is 7.22. The van der Waals surface area contributed by atoms with Crippen LogP contribution in [0.15, 0.2) is 12.3 Å². The van der Waals surface area contributed by atoms with Gasteiger partial charge in [0.25, 0.3) is 0 Å². The summed E-state index contributed by atoms with van der Waals surface area (Å²) in [4.78, 5) is 8.41. The van der Waals surface area contributed by atoms with E-state index in [0.29, 0.717) is 5.92 Å². The monoisotopic (exact) mass is 225 g/mol. The molecule has 0 aromatic carbocycles. The van der Waals surface area contributed by atoms with Crippen molar-refractivity contribution in [3.05, 3.63) is 23.8 Å². The number of thioether (sulfide) groups is 1. The SMILES string of the molecule is CSCC(C)CNCc1ccnc(C)n1. The van der Waals surface area contributed by atoms with Gasteiger partial charge < -0.3 is 5.32 Å². The van der Waals surface area contributed by atoms with Gasteiger partial charge in [-0.15, -0.1) is 0 Å². The molecule has 1 aromatic heterocycles. The molecule has 0 aliphatic carbocycles. The molecule has 84 valence electrons. The van der Waals surface area contributed by atoms with Crippen molar-refractivity contribution in [2.45, 2.75) is 20.4 Å². The molecule has 1 heterocycles. The van der Waals surface area contributed by atoms with Crippen molar-refractivity contribution in [3.63, 3.8) is 0 Å². The Hall–Kier alpha value is -0.610. The quantitative estimate of drug-likeness (QED) is 0.802. The van der Waals surface area contributed by atoms with Crippen LogP contribution < -0.4 is 5.32 Å². The predicted octanol–water partition coefficient (Wildman–Crippen LogP) is 1.87. The van der Waals surface area contributed by atoms with Gasteiger partial charge in [0.1, 0.15) is 5.82 Å². The van der Waals surface area contributed by atoms with Crippen molar-refractivity contribution in [2.24, 2.45) is 5.92 Å². The molecule has 1 atom stereocenters. The summed E-state index contributed by atoms with van der Waals surface area (Å²) in [5.41, 5.74) is 1.07. The van der Waals surface area contributed by atoms with Crippen LogP contribution in [-0.4, -0.2) is 28.5 Å². The lowest BCUT2D eigenvalue weighted by molar-refractivity contribution is 0.554. The highest BCUT2D eigenvalue weighted by molar-refractivity contribution is 7.98. The Morgan fingerprint density at radius 1 is 1.53 bits per heavy atom. The Balaban J connectivity index is 2.25. The molecule has 1 unspecified atom stereocenters. The van der Waals surface area contributed by atoms with Gasteiger partial charge in [0.05, 0.1) is 5.69 Å². The van der Waals surface area contributed by atoms with Crippen molar-refractivity contribution >= 4 is 11.8 Å². The zero-order valence-electron chi connectivity index (χ0n) is 9.66. The predicted molar refractivity (Wildman–Crippen MR) is 66.0 cm³/mol. The van der Waals surface area contributed by atoms with Gasteiger partial charge in [-0.25, -0.2) is 9.97 Å². The minimum Gasteiger partial charge on any atom is -0.311 e. The first-order valence-corrected chi connectivity index (χ1v) is 6.60. The van der Waals surface area contributed by atoms with E-state index >= 15 is 0 Å². The van der Waals surface area contributed by atoms with E-state index in [1.54, 1.807) is 0 Å². The van der Waals surface area contributed by atoms with Crippen molar-refractivity contribution in [1.82, 2.24) is 15.3 Å². The average Bonchev–Trinajstić information content (AvgIpc) is 2.18. The standard InChI is InChI=1S/C11H19N3S/c1-9(8-15-3)6-12-7-11-4-5-13-10(2)14-11/h4-5,9,12H,6-8H2,1-3H3. The van der Waals surface area contributed by atoms with E-state index in [2.05, 4.69) is 28.5 Å². The molecule has 15 heavy (non-hydrogen) atoms. The molecule has 0 radical (unpaired) electrons. The molecule has 0 spiro atoms. The smallest absolute Gasteiger partial charge is 0.125 e. The van der Waals surface area contributed by atoms with Crippen LogP contribution in [-0.2, 0) is 6.54 Å². The minimum atomic E-state index is 0.711. The second-order valence-corrected chi connectivity index (χ2v) is 4.70. The normalized spacial score (nSPS) is 12.7. The number of aromatic nitrogens is 2. The largest absolute Gasteiger partial charge is 0.311 e. The highest BCUT2D eigenvalue weighted by Crippen LogP contribution is 2.03. The molecule has 0 aliphatic rings. The molecule has 0 aliphatic heterocycles. The van der Waals surface area contributed by atoms with Gasteiger partial charge in [-0.3, -0.25) is 0 Å². The van der Waals surface area contributed by atoms with E-state index in [4.69, 9.17) is 0 Å². The summed E-state index contributed by atoms with van der Waals surface area (Å²) in [6, 6.07) is 1.96. The summed E-state index contributed by atoms with van der Waals surface area (Å²) in [6.45, 7) is 6.06. The van der Waals surface area contributed by atoms with E-state index in [-0.39, 0.29) is 0 Å². The maximum atomic E-state index is 4.34. The Kier molecular flexibility index (Phi) is 5.65. The molecule has 0 saturated carbocycles. The van der Waals surface area contributed by atoms with Gasteiger partial charge in [-0.2, -0.15) is 11.8 Å². The molecular formula is C11H19N3S. The summed E-state index contributed by atoms with van der Waals surface area (Å²) in [6.07, 6.45) is 3.95. The van der Waals surface area contributed by atoms with Gasteiger partial charge in [0.15, 0.2) is 0 Å². The van der Waals surface area contributed by atoms with Crippen molar-refractivity contribution in [2.75, 3.05) is 18.6 Å². The zero-order valence-corrected chi connectivity index (χ0v) is 10.5. The molecule has 0 fully saturated rings. The molecule has 1 rings (SSSR count). The van der Waals surface area contributed by atoms with Gasteiger partial charge in [-0.05, 0) is 37.5 Å². The lowest BCUT2D eigenvalue weighted by Crippen LogP contribution is -2.22. The fraction of sp³-hybridized carbons (Fsp3) is 0.636. The molecule has 1 aromatic rings. The van der Waals surface area contributed by atoms with Gasteiger partial charge in [0.2, 0.25) is 0 Å². The van der Waals surface area contributed by atoms with Crippen molar-refractivity contribution < 1.29 is 0 Å².